The Morgan fingerprint density at radius 1 is 1.43 bits per heavy atom. The van der Waals surface area contributed by atoms with Gasteiger partial charge >= 0.3 is 6.80 Å². The van der Waals surface area contributed by atoms with Crippen LogP contribution in [0.4, 0.5) is 0 Å². The molecule has 0 heterocycles. The van der Waals surface area contributed by atoms with Crippen LogP contribution in [0.15, 0.2) is 0 Å². The molecule has 0 radical (unpaired) electrons. The summed E-state index contributed by atoms with van der Waals surface area (Å²) in [4.78, 5) is 9.02. The van der Waals surface area contributed by atoms with Crippen molar-refractivity contribution in [3.8, 4) is 0 Å². The zero-order valence-corrected chi connectivity index (χ0v) is 10.4. The molecule has 1 atom stereocenters. The van der Waals surface area contributed by atoms with Gasteiger partial charge in [0, 0.05) is 19.4 Å². The van der Waals surface area contributed by atoms with Gasteiger partial charge < -0.3 is 20.1 Å². The lowest BCUT2D eigenvalue weighted by molar-refractivity contribution is 0.336. The molecule has 0 saturated heterocycles. The Hall–Kier alpha value is 0.420. The minimum atomic E-state index is -3.37. The van der Waals surface area contributed by atoms with E-state index in [1.807, 2.05) is 7.05 Å². The fourth-order valence-electron chi connectivity index (χ4n) is 0.801. The molecule has 0 aromatic heterocycles. The van der Waals surface area contributed by atoms with E-state index in [9.17, 15) is 4.57 Å². The maximum Gasteiger partial charge on any atom is 0.386 e. The summed E-state index contributed by atoms with van der Waals surface area (Å²) in [7, 11) is 3.16. The van der Waals surface area contributed by atoms with Gasteiger partial charge in [-0.2, -0.15) is 0 Å². The molecular weight excluding hydrogens is 223 g/mol. The molecule has 0 aliphatic heterocycles. The highest BCUT2D eigenvalue weighted by Crippen LogP contribution is 2.54. The zero-order chi connectivity index (χ0) is 10.9. The zero-order valence-electron chi connectivity index (χ0n) is 8.65. The van der Waals surface area contributed by atoms with Crippen LogP contribution < -0.4 is 10.6 Å². The Morgan fingerprint density at radius 2 is 2.14 bits per heavy atom. The van der Waals surface area contributed by atoms with Crippen molar-refractivity contribution in [1.82, 2.24) is 10.6 Å². The summed E-state index contributed by atoms with van der Waals surface area (Å²) in [5, 5.41) is 6.21. The molecule has 0 aromatic carbocycles. The molecule has 7 heteroatoms. The number of nitrogens with one attached hydrogen (secondary N) is 2. The van der Waals surface area contributed by atoms with Crippen molar-refractivity contribution >= 4 is 18.2 Å². The Labute approximate surface area is 89.3 Å². The van der Waals surface area contributed by atoms with E-state index >= 15 is 0 Å². The van der Waals surface area contributed by atoms with Crippen LogP contribution in [0.1, 0.15) is 6.42 Å². The van der Waals surface area contributed by atoms with E-state index < -0.39 is 6.80 Å². The summed E-state index contributed by atoms with van der Waals surface area (Å²) in [5.74, 6) is 0.584. The van der Waals surface area contributed by atoms with Gasteiger partial charge in [-0.15, -0.1) is 0 Å². The molecule has 3 N–H and O–H groups in total. The Morgan fingerprint density at radius 3 is 2.71 bits per heavy atom. The third-order valence-corrected chi connectivity index (χ3v) is 4.69. The average molecular weight is 242 g/mol. The molecule has 0 amide bonds. The van der Waals surface area contributed by atoms with Crippen LogP contribution >= 0.6 is 18.2 Å². The largest absolute Gasteiger partial charge is 0.386 e. The lowest BCUT2D eigenvalue weighted by Crippen LogP contribution is -2.21. The molecule has 0 spiro atoms. The van der Waals surface area contributed by atoms with Gasteiger partial charge in [-0.3, -0.25) is 0 Å². The van der Waals surface area contributed by atoms with Crippen LogP contribution in [-0.4, -0.2) is 44.4 Å². The second kappa shape index (κ2) is 8.71. The van der Waals surface area contributed by atoms with Crippen LogP contribution in [-0.2, 0) is 9.09 Å². The first-order chi connectivity index (χ1) is 6.62. The number of rotatable bonds is 9. The lowest BCUT2D eigenvalue weighted by Gasteiger charge is -2.08. The van der Waals surface area contributed by atoms with E-state index in [-0.39, 0.29) is 0 Å². The van der Waals surface area contributed by atoms with Gasteiger partial charge in [0.25, 0.3) is 0 Å². The monoisotopic (exact) mass is 242 g/mol. The topological polar surface area (TPSA) is 70.6 Å². The molecule has 0 bridgehead atoms. The van der Waals surface area contributed by atoms with Crippen molar-refractivity contribution in [3.05, 3.63) is 0 Å². The van der Waals surface area contributed by atoms with Crippen molar-refractivity contribution in [3.63, 3.8) is 0 Å². The number of hydrogen-bond acceptors (Lipinski definition) is 5. The van der Waals surface area contributed by atoms with Crippen molar-refractivity contribution < 1.29 is 14.0 Å². The van der Waals surface area contributed by atoms with Crippen molar-refractivity contribution in [2.24, 2.45) is 0 Å². The summed E-state index contributed by atoms with van der Waals surface area (Å²) in [6.45, 7) is -0.742. The molecule has 0 fully saturated rings. The van der Waals surface area contributed by atoms with Crippen LogP contribution in [0, 0.1) is 0 Å². The Kier molecular flexibility index (Phi) is 8.97. The molecule has 0 aliphatic rings. The van der Waals surface area contributed by atoms with Gasteiger partial charge in [0.1, 0.15) is 0 Å². The molecule has 0 aromatic rings. The Bertz CT molecular complexity index is 182. The fraction of sp³-hybridized carbons (Fsp3) is 1.00. The van der Waals surface area contributed by atoms with Gasteiger partial charge in [-0.1, -0.05) is 0 Å². The van der Waals surface area contributed by atoms with Crippen molar-refractivity contribution in [2.45, 2.75) is 6.42 Å². The van der Waals surface area contributed by atoms with Crippen LogP contribution in [0.25, 0.3) is 0 Å². The Balaban J connectivity index is 3.17. The number of hydrogen-bond donors (Lipinski definition) is 3. The maximum absolute atomic E-state index is 11.0. The second-order valence-corrected chi connectivity index (χ2v) is 6.82. The summed E-state index contributed by atoms with van der Waals surface area (Å²) >= 11 is 0.953. The van der Waals surface area contributed by atoms with Crippen LogP contribution in [0.5, 0.6) is 0 Å². The third kappa shape index (κ3) is 8.99. The first kappa shape index (κ1) is 14.4. The van der Waals surface area contributed by atoms with Crippen molar-refractivity contribution in [2.75, 3.05) is 39.5 Å². The van der Waals surface area contributed by atoms with E-state index in [2.05, 4.69) is 15.2 Å². The van der Waals surface area contributed by atoms with E-state index in [1.165, 1.54) is 7.11 Å². The van der Waals surface area contributed by atoms with E-state index in [4.69, 9.17) is 4.89 Å². The molecule has 0 saturated carbocycles. The molecule has 1 unspecified atom stereocenters. The highest BCUT2D eigenvalue weighted by molar-refractivity contribution is 8.54. The van der Waals surface area contributed by atoms with E-state index in [0.29, 0.717) is 5.75 Å². The van der Waals surface area contributed by atoms with Crippen molar-refractivity contribution in [1.29, 1.82) is 0 Å². The SMILES string of the molecule is CNCCCNCCSP(=O)(O)OC. The molecular formula is C7H19N2O3PS. The van der Waals surface area contributed by atoms with Gasteiger partial charge in [0.2, 0.25) is 0 Å². The fourth-order valence-corrected chi connectivity index (χ4v) is 2.66. The summed E-state index contributed by atoms with van der Waals surface area (Å²) in [6, 6.07) is 0. The molecule has 0 rings (SSSR count). The predicted molar refractivity (Wildman–Crippen MR) is 60.7 cm³/mol. The highest BCUT2D eigenvalue weighted by atomic mass is 32.7. The maximum atomic E-state index is 11.0. The molecule has 86 valence electrons. The van der Waals surface area contributed by atoms with Gasteiger partial charge in [-0.05, 0) is 37.9 Å². The molecule has 5 nitrogen and oxygen atoms in total. The molecule has 0 aliphatic carbocycles. The molecule has 14 heavy (non-hydrogen) atoms. The summed E-state index contributed by atoms with van der Waals surface area (Å²) in [5.41, 5.74) is 0. The second-order valence-electron chi connectivity index (χ2n) is 2.69. The highest BCUT2D eigenvalue weighted by Gasteiger charge is 2.16. The van der Waals surface area contributed by atoms with Crippen LogP contribution in [0.3, 0.4) is 0 Å². The smallest absolute Gasteiger partial charge is 0.320 e. The predicted octanol–water partition coefficient (Wildman–Crippen LogP) is 0.666. The minimum Gasteiger partial charge on any atom is -0.320 e. The van der Waals surface area contributed by atoms with Gasteiger partial charge in [-0.25, -0.2) is 4.57 Å². The average Bonchev–Trinajstić information content (AvgIpc) is 2.16. The quantitative estimate of drug-likeness (QED) is 0.408. The summed E-state index contributed by atoms with van der Waals surface area (Å²) in [6.07, 6.45) is 1.06. The van der Waals surface area contributed by atoms with Gasteiger partial charge in [0.15, 0.2) is 0 Å². The summed E-state index contributed by atoms with van der Waals surface area (Å²) < 4.78 is 15.4. The van der Waals surface area contributed by atoms with E-state index in [1.54, 1.807) is 0 Å². The minimum absolute atomic E-state index is 0.584. The van der Waals surface area contributed by atoms with Crippen LogP contribution in [0.2, 0.25) is 0 Å². The third-order valence-electron chi connectivity index (χ3n) is 1.54. The van der Waals surface area contributed by atoms with Gasteiger partial charge in [0.05, 0.1) is 0 Å². The standard InChI is InChI=1S/C7H19N2O3PS/c1-8-4-3-5-9-6-7-14-13(10,11)12-2/h8-9H,3-7H2,1-2H3,(H,10,11). The first-order valence-corrected chi connectivity index (χ1v) is 7.67. The first-order valence-electron chi connectivity index (χ1n) is 4.51. The normalized spacial score (nSPS) is 15.4. The lowest BCUT2D eigenvalue weighted by atomic mass is 10.4. The van der Waals surface area contributed by atoms with E-state index in [0.717, 1.165) is 37.4 Å².